The van der Waals surface area contributed by atoms with Gasteiger partial charge in [-0.15, -0.1) is 0 Å². The predicted octanol–water partition coefficient (Wildman–Crippen LogP) is 1.10. The van der Waals surface area contributed by atoms with E-state index in [1.54, 1.807) is 12.3 Å². The molecule has 2 atom stereocenters. The summed E-state index contributed by atoms with van der Waals surface area (Å²) < 4.78 is 0. The number of aromatic nitrogens is 1. The zero-order valence-corrected chi connectivity index (χ0v) is 12.7. The average molecular weight is 288 g/mol. The normalized spacial score (nSPS) is 26.5. The van der Waals surface area contributed by atoms with E-state index in [9.17, 15) is 4.79 Å². The minimum atomic E-state index is 0.0604. The van der Waals surface area contributed by atoms with E-state index in [4.69, 9.17) is 5.73 Å². The van der Waals surface area contributed by atoms with Crippen molar-refractivity contribution in [2.45, 2.75) is 31.8 Å². The number of hydrogen-bond acceptors (Lipinski definition) is 4. The van der Waals surface area contributed by atoms with Gasteiger partial charge in [0.2, 0.25) is 0 Å². The second-order valence-corrected chi connectivity index (χ2v) is 6.25. The van der Waals surface area contributed by atoms with Gasteiger partial charge in [-0.25, -0.2) is 0 Å². The van der Waals surface area contributed by atoms with E-state index in [-0.39, 0.29) is 5.91 Å². The van der Waals surface area contributed by atoms with E-state index in [1.807, 2.05) is 11.0 Å². The van der Waals surface area contributed by atoms with Gasteiger partial charge < -0.3 is 15.5 Å². The van der Waals surface area contributed by atoms with Crippen LogP contribution in [0.25, 0.3) is 0 Å². The number of pyridine rings is 1. The molecule has 3 rings (SSSR count). The molecular formula is C16H24N4O. The van der Waals surface area contributed by atoms with Crippen LogP contribution in [0.5, 0.6) is 0 Å². The third kappa shape index (κ3) is 2.94. The largest absolute Gasteiger partial charge is 0.337 e. The number of likely N-dealkylation sites (tertiary alicyclic amines) is 2. The maximum Gasteiger partial charge on any atom is 0.272 e. The molecule has 0 spiro atoms. The molecule has 0 aromatic carbocycles. The molecule has 5 heteroatoms. The number of nitrogens with two attached hydrogens (primary N) is 1. The maximum atomic E-state index is 12.6. The van der Waals surface area contributed by atoms with Crippen molar-refractivity contribution in [2.75, 3.05) is 26.7 Å². The average Bonchev–Trinajstić information content (AvgIpc) is 2.54. The fourth-order valence-electron chi connectivity index (χ4n) is 3.67. The zero-order chi connectivity index (χ0) is 14.8. The number of piperidine rings is 2. The Balaban J connectivity index is 1.68. The Kier molecular flexibility index (Phi) is 4.22. The van der Waals surface area contributed by atoms with Gasteiger partial charge in [-0.3, -0.25) is 9.78 Å². The SMILES string of the molecule is CN1CCCC2CN(C(=O)c3ccc(CN)cn3)CCC21. The lowest BCUT2D eigenvalue weighted by molar-refractivity contribution is 0.0313. The van der Waals surface area contributed by atoms with E-state index in [1.165, 1.54) is 19.4 Å². The van der Waals surface area contributed by atoms with Crippen LogP contribution >= 0.6 is 0 Å². The van der Waals surface area contributed by atoms with Gasteiger partial charge in [0.1, 0.15) is 5.69 Å². The summed E-state index contributed by atoms with van der Waals surface area (Å²) >= 11 is 0. The zero-order valence-electron chi connectivity index (χ0n) is 12.7. The first kappa shape index (κ1) is 14.5. The van der Waals surface area contributed by atoms with E-state index in [0.29, 0.717) is 24.2 Å². The van der Waals surface area contributed by atoms with Gasteiger partial charge in [0.15, 0.2) is 0 Å². The van der Waals surface area contributed by atoms with Crippen LogP contribution in [0.3, 0.4) is 0 Å². The van der Waals surface area contributed by atoms with Crippen LogP contribution in [0, 0.1) is 5.92 Å². The van der Waals surface area contributed by atoms with E-state index in [2.05, 4.69) is 16.9 Å². The van der Waals surface area contributed by atoms with Crippen molar-refractivity contribution < 1.29 is 4.79 Å². The smallest absolute Gasteiger partial charge is 0.272 e. The topological polar surface area (TPSA) is 62.5 Å². The molecule has 1 aromatic rings. The lowest BCUT2D eigenvalue weighted by atomic mass is 9.84. The second kappa shape index (κ2) is 6.12. The summed E-state index contributed by atoms with van der Waals surface area (Å²) in [6.45, 7) is 3.36. The highest BCUT2D eigenvalue weighted by Crippen LogP contribution is 2.30. The van der Waals surface area contributed by atoms with Gasteiger partial charge in [-0.05, 0) is 50.4 Å². The first-order chi connectivity index (χ1) is 10.2. The molecule has 0 saturated carbocycles. The molecular weight excluding hydrogens is 264 g/mol. The fraction of sp³-hybridized carbons (Fsp3) is 0.625. The van der Waals surface area contributed by atoms with Crippen molar-refractivity contribution in [2.24, 2.45) is 11.7 Å². The second-order valence-electron chi connectivity index (χ2n) is 6.25. The third-order valence-electron chi connectivity index (χ3n) is 4.91. The quantitative estimate of drug-likeness (QED) is 0.885. The summed E-state index contributed by atoms with van der Waals surface area (Å²) in [6.07, 6.45) is 5.25. The lowest BCUT2D eigenvalue weighted by Gasteiger charge is -2.45. The van der Waals surface area contributed by atoms with E-state index in [0.717, 1.165) is 25.1 Å². The van der Waals surface area contributed by atoms with Crippen LogP contribution in [0.1, 0.15) is 35.3 Å². The first-order valence-corrected chi connectivity index (χ1v) is 7.83. The molecule has 1 aromatic heterocycles. The Morgan fingerprint density at radius 2 is 2.24 bits per heavy atom. The molecule has 3 heterocycles. The number of amides is 1. The molecule has 21 heavy (non-hydrogen) atoms. The van der Waals surface area contributed by atoms with Crippen LogP contribution < -0.4 is 5.73 Å². The summed E-state index contributed by atoms with van der Waals surface area (Å²) in [4.78, 5) is 21.3. The van der Waals surface area contributed by atoms with Gasteiger partial charge in [0.05, 0.1) is 0 Å². The van der Waals surface area contributed by atoms with Crippen molar-refractivity contribution >= 4 is 5.91 Å². The molecule has 114 valence electrons. The Hall–Kier alpha value is -1.46. The maximum absolute atomic E-state index is 12.6. The van der Waals surface area contributed by atoms with Crippen LogP contribution in [-0.4, -0.2) is 53.4 Å². The highest BCUT2D eigenvalue weighted by Gasteiger charge is 2.36. The predicted molar refractivity (Wildman–Crippen MR) is 81.8 cm³/mol. The molecule has 2 fully saturated rings. The molecule has 0 bridgehead atoms. The van der Waals surface area contributed by atoms with Crippen molar-refractivity contribution in [3.05, 3.63) is 29.6 Å². The summed E-state index contributed by atoms with van der Waals surface area (Å²) in [5.74, 6) is 0.676. The van der Waals surface area contributed by atoms with Crippen LogP contribution in [0.2, 0.25) is 0 Å². The summed E-state index contributed by atoms with van der Waals surface area (Å²) in [5.41, 5.74) is 7.06. The van der Waals surface area contributed by atoms with Crippen LogP contribution in [0.15, 0.2) is 18.3 Å². The monoisotopic (exact) mass is 288 g/mol. The van der Waals surface area contributed by atoms with Gasteiger partial charge in [-0.1, -0.05) is 6.07 Å². The molecule has 2 aliphatic heterocycles. The molecule has 5 nitrogen and oxygen atoms in total. The Labute approximate surface area is 126 Å². The molecule has 0 radical (unpaired) electrons. The Bertz CT molecular complexity index is 502. The molecule has 0 aliphatic carbocycles. The number of carbonyl (C=O) groups excluding carboxylic acids is 1. The lowest BCUT2D eigenvalue weighted by Crippen LogP contribution is -2.54. The molecule has 1 amide bonds. The summed E-state index contributed by atoms with van der Waals surface area (Å²) in [6, 6.07) is 4.33. The minimum absolute atomic E-state index is 0.0604. The summed E-state index contributed by atoms with van der Waals surface area (Å²) in [5, 5.41) is 0. The number of hydrogen-bond donors (Lipinski definition) is 1. The van der Waals surface area contributed by atoms with E-state index >= 15 is 0 Å². The van der Waals surface area contributed by atoms with Crippen molar-refractivity contribution in [1.82, 2.24) is 14.8 Å². The van der Waals surface area contributed by atoms with Crippen LogP contribution in [-0.2, 0) is 6.54 Å². The number of fused-ring (bicyclic) bond motifs is 1. The molecule has 2 N–H and O–H groups in total. The minimum Gasteiger partial charge on any atom is -0.337 e. The van der Waals surface area contributed by atoms with Crippen molar-refractivity contribution in [1.29, 1.82) is 0 Å². The third-order valence-corrected chi connectivity index (χ3v) is 4.91. The number of nitrogens with zero attached hydrogens (tertiary/aromatic N) is 3. The van der Waals surface area contributed by atoms with E-state index < -0.39 is 0 Å². The first-order valence-electron chi connectivity index (χ1n) is 7.83. The Morgan fingerprint density at radius 3 is 2.95 bits per heavy atom. The highest BCUT2D eigenvalue weighted by atomic mass is 16.2. The van der Waals surface area contributed by atoms with Gasteiger partial charge in [0.25, 0.3) is 5.91 Å². The number of rotatable bonds is 2. The van der Waals surface area contributed by atoms with Crippen LogP contribution in [0.4, 0.5) is 0 Å². The molecule has 2 unspecified atom stereocenters. The Morgan fingerprint density at radius 1 is 1.38 bits per heavy atom. The van der Waals surface area contributed by atoms with Gasteiger partial charge in [0, 0.05) is 31.9 Å². The standard InChI is InChI=1S/C16H24N4O/c1-19-7-2-3-13-11-20(8-6-15(13)19)16(21)14-5-4-12(9-17)10-18-14/h4-5,10,13,15H,2-3,6-9,11,17H2,1H3. The summed E-state index contributed by atoms with van der Waals surface area (Å²) in [7, 11) is 2.21. The van der Waals surface area contributed by atoms with Gasteiger partial charge >= 0.3 is 0 Å². The van der Waals surface area contributed by atoms with Crippen molar-refractivity contribution in [3.63, 3.8) is 0 Å². The van der Waals surface area contributed by atoms with Gasteiger partial charge in [-0.2, -0.15) is 0 Å². The van der Waals surface area contributed by atoms with Crippen molar-refractivity contribution in [3.8, 4) is 0 Å². The fourth-order valence-corrected chi connectivity index (χ4v) is 3.67. The molecule has 2 aliphatic rings. The molecule has 2 saturated heterocycles. The highest BCUT2D eigenvalue weighted by molar-refractivity contribution is 5.92. The number of carbonyl (C=O) groups is 1.